The Morgan fingerprint density at radius 3 is 2.46 bits per heavy atom. The SMILES string of the molecule is CCOCCOC(=O)CCC(=O)O. The molecule has 1 N–H and O–H groups in total. The van der Waals surface area contributed by atoms with Gasteiger partial charge in [-0.25, -0.2) is 0 Å². The van der Waals surface area contributed by atoms with Gasteiger partial charge in [-0.3, -0.25) is 9.59 Å². The molecule has 0 bridgehead atoms. The van der Waals surface area contributed by atoms with Crippen LogP contribution in [0.15, 0.2) is 0 Å². The summed E-state index contributed by atoms with van der Waals surface area (Å²) < 4.78 is 9.58. The number of hydrogen-bond acceptors (Lipinski definition) is 4. The molecule has 0 fully saturated rings. The summed E-state index contributed by atoms with van der Waals surface area (Å²) >= 11 is 0. The van der Waals surface area contributed by atoms with Crippen molar-refractivity contribution in [1.82, 2.24) is 0 Å². The van der Waals surface area contributed by atoms with Crippen molar-refractivity contribution in [3.63, 3.8) is 0 Å². The van der Waals surface area contributed by atoms with Crippen LogP contribution in [0.2, 0.25) is 0 Å². The number of aliphatic carboxylic acids is 1. The lowest BCUT2D eigenvalue weighted by molar-refractivity contribution is -0.148. The molecule has 13 heavy (non-hydrogen) atoms. The summed E-state index contributed by atoms with van der Waals surface area (Å²) in [6.45, 7) is 2.96. The molecular formula is C8H14O5. The second kappa shape index (κ2) is 7.54. The summed E-state index contributed by atoms with van der Waals surface area (Å²) in [6, 6.07) is 0. The van der Waals surface area contributed by atoms with Gasteiger partial charge in [0.2, 0.25) is 0 Å². The van der Waals surface area contributed by atoms with E-state index in [0.717, 1.165) is 0 Å². The van der Waals surface area contributed by atoms with Crippen LogP contribution in [0.3, 0.4) is 0 Å². The number of ether oxygens (including phenoxy) is 2. The van der Waals surface area contributed by atoms with Gasteiger partial charge in [-0.2, -0.15) is 0 Å². The molecule has 0 amide bonds. The lowest BCUT2D eigenvalue weighted by Crippen LogP contribution is -2.11. The van der Waals surface area contributed by atoms with Gasteiger partial charge in [0.25, 0.3) is 0 Å². The molecule has 0 spiro atoms. The molecule has 0 aliphatic rings. The average molecular weight is 190 g/mol. The maximum absolute atomic E-state index is 10.8. The lowest BCUT2D eigenvalue weighted by atomic mass is 10.3. The summed E-state index contributed by atoms with van der Waals surface area (Å²) in [4.78, 5) is 20.8. The molecule has 0 atom stereocenters. The van der Waals surface area contributed by atoms with Crippen LogP contribution in [0.25, 0.3) is 0 Å². The van der Waals surface area contributed by atoms with E-state index in [-0.39, 0.29) is 19.4 Å². The minimum Gasteiger partial charge on any atom is -0.481 e. The van der Waals surface area contributed by atoms with Crippen LogP contribution in [0.5, 0.6) is 0 Å². The number of hydrogen-bond donors (Lipinski definition) is 1. The number of carbonyl (C=O) groups excluding carboxylic acids is 1. The molecule has 0 aromatic rings. The van der Waals surface area contributed by atoms with Crippen molar-refractivity contribution in [2.45, 2.75) is 19.8 Å². The van der Waals surface area contributed by atoms with E-state index in [0.29, 0.717) is 13.2 Å². The van der Waals surface area contributed by atoms with Gasteiger partial charge in [0, 0.05) is 6.61 Å². The highest BCUT2D eigenvalue weighted by molar-refractivity contribution is 5.76. The Bertz CT molecular complexity index is 166. The molecule has 0 rings (SSSR count). The zero-order valence-electron chi connectivity index (χ0n) is 7.62. The third kappa shape index (κ3) is 8.81. The molecule has 0 aromatic carbocycles. The third-order valence-corrected chi connectivity index (χ3v) is 1.24. The van der Waals surface area contributed by atoms with Gasteiger partial charge in [0.15, 0.2) is 0 Å². The number of carboxylic acid groups (broad SMARTS) is 1. The van der Waals surface area contributed by atoms with Gasteiger partial charge in [0.1, 0.15) is 6.61 Å². The number of carboxylic acids is 1. The quantitative estimate of drug-likeness (QED) is 0.465. The van der Waals surface area contributed by atoms with Crippen molar-refractivity contribution in [2.24, 2.45) is 0 Å². The minimum atomic E-state index is -0.998. The molecule has 5 nitrogen and oxygen atoms in total. The van der Waals surface area contributed by atoms with Crippen LogP contribution in [-0.4, -0.2) is 36.9 Å². The van der Waals surface area contributed by atoms with Crippen molar-refractivity contribution in [3.8, 4) is 0 Å². The highest BCUT2D eigenvalue weighted by Gasteiger charge is 2.05. The normalized spacial score (nSPS) is 9.62. The van der Waals surface area contributed by atoms with Gasteiger partial charge in [-0.05, 0) is 6.92 Å². The Morgan fingerprint density at radius 1 is 1.23 bits per heavy atom. The largest absolute Gasteiger partial charge is 0.481 e. The molecule has 0 aliphatic carbocycles. The summed E-state index contributed by atoms with van der Waals surface area (Å²) in [7, 11) is 0. The van der Waals surface area contributed by atoms with Gasteiger partial charge < -0.3 is 14.6 Å². The van der Waals surface area contributed by atoms with E-state index >= 15 is 0 Å². The Labute approximate surface area is 76.6 Å². The topological polar surface area (TPSA) is 72.8 Å². The second-order valence-electron chi connectivity index (χ2n) is 2.31. The summed E-state index contributed by atoms with van der Waals surface area (Å²) in [6.07, 6.45) is -0.269. The van der Waals surface area contributed by atoms with Crippen molar-refractivity contribution in [2.75, 3.05) is 19.8 Å². The van der Waals surface area contributed by atoms with E-state index in [4.69, 9.17) is 9.84 Å². The highest BCUT2D eigenvalue weighted by Crippen LogP contribution is 1.92. The summed E-state index contributed by atoms with van der Waals surface area (Å²) in [5.74, 6) is -1.50. The van der Waals surface area contributed by atoms with Crippen LogP contribution in [0, 0.1) is 0 Å². The zero-order chi connectivity index (χ0) is 10.1. The van der Waals surface area contributed by atoms with Gasteiger partial charge in [-0.1, -0.05) is 0 Å². The van der Waals surface area contributed by atoms with E-state index < -0.39 is 11.9 Å². The maximum atomic E-state index is 10.8. The summed E-state index contributed by atoms with van der Waals surface area (Å²) in [5.41, 5.74) is 0. The molecule has 0 aliphatic heterocycles. The predicted octanol–water partition coefficient (Wildman–Crippen LogP) is 0.431. The fourth-order valence-electron chi connectivity index (χ4n) is 0.640. The lowest BCUT2D eigenvalue weighted by Gasteiger charge is -2.03. The van der Waals surface area contributed by atoms with Crippen LogP contribution in [0.1, 0.15) is 19.8 Å². The van der Waals surface area contributed by atoms with Gasteiger partial charge in [-0.15, -0.1) is 0 Å². The Balaban J connectivity index is 3.25. The first kappa shape index (κ1) is 11.9. The van der Waals surface area contributed by atoms with Crippen LogP contribution < -0.4 is 0 Å². The van der Waals surface area contributed by atoms with Crippen LogP contribution in [-0.2, 0) is 19.1 Å². The minimum absolute atomic E-state index is 0.0819. The molecule has 5 heteroatoms. The highest BCUT2D eigenvalue weighted by atomic mass is 16.6. The zero-order valence-corrected chi connectivity index (χ0v) is 7.62. The predicted molar refractivity (Wildman–Crippen MR) is 44.3 cm³/mol. The molecule has 0 aromatic heterocycles. The van der Waals surface area contributed by atoms with E-state index in [9.17, 15) is 9.59 Å². The molecule has 76 valence electrons. The molecule has 0 saturated heterocycles. The monoisotopic (exact) mass is 190 g/mol. The number of carbonyl (C=O) groups is 2. The standard InChI is InChI=1S/C8H14O5/c1-2-12-5-6-13-8(11)4-3-7(9)10/h2-6H2,1H3,(H,9,10). The Kier molecular flexibility index (Phi) is 6.91. The Morgan fingerprint density at radius 2 is 1.92 bits per heavy atom. The van der Waals surface area contributed by atoms with E-state index in [1.54, 1.807) is 0 Å². The molecular weight excluding hydrogens is 176 g/mol. The number of esters is 1. The molecule has 0 saturated carbocycles. The van der Waals surface area contributed by atoms with Crippen molar-refractivity contribution in [1.29, 1.82) is 0 Å². The number of rotatable bonds is 7. The maximum Gasteiger partial charge on any atom is 0.306 e. The fourth-order valence-corrected chi connectivity index (χ4v) is 0.640. The van der Waals surface area contributed by atoms with Gasteiger partial charge >= 0.3 is 11.9 Å². The molecule has 0 unspecified atom stereocenters. The second-order valence-corrected chi connectivity index (χ2v) is 2.31. The first-order chi connectivity index (χ1) is 6.16. The van der Waals surface area contributed by atoms with Crippen LogP contribution in [0.4, 0.5) is 0 Å². The van der Waals surface area contributed by atoms with Crippen molar-refractivity contribution >= 4 is 11.9 Å². The Hall–Kier alpha value is -1.10. The molecule has 0 radical (unpaired) electrons. The molecule has 0 heterocycles. The van der Waals surface area contributed by atoms with E-state index in [2.05, 4.69) is 4.74 Å². The first-order valence-electron chi connectivity index (χ1n) is 4.12. The van der Waals surface area contributed by atoms with Gasteiger partial charge in [0.05, 0.1) is 19.4 Å². The smallest absolute Gasteiger partial charge is 0.306 e. The third-order valence-electron chi connectivity index (χ3n) is 1.24. The van der Waals surface area contributed by atoms with E-state index in [1.165, 1.54) is 0 Å². The summed E-state index contributed by atoms with van der Waals surface area (Å²) in [5, 5.41) is 8.24. The van der Waals surface area contributed by atoms with Crippen LogP contribution >= 0.6 is 0 Å². The van der Waals surface area contributed by atoms with Crippen molar-refractivity contribution < 1.29 is 24.2 Å². The van der Waals surface area contributed by atoms with Crippen molar-refractivity contribution in [3.05, 3.63) is 0 Å². The average Bonchev–Trinajstić information content (AvgIpc) is 2.09. The fraction of sp³-hybridized carbons (Fsp3) is 0.750. The van der Waals surface area contributed by atoms with E-state index in [1.807, 2.05) is 6.92 Å². The first-order valence-corrected chi connectivity index (χ1v) is 4.12.